The van der Waals surface area contributed by atoms with Gasteiger partial charge in [0.2, 0.25) is 0 Å². The first-order chi connectivity index (χ1) is 10.3. The lowest BCUT2D eigenvalue weighted by Crippen LogP contribution is -2.19. The molecule has 0 bridgehead atoms. The highest BCUT2D eigenvalue weighted by Crippen LogP contribution is 2.40. The van der Waals surface area contributed by atoms with E-state index in [2.05, 4.69) is 32.9 Å². The summed E-state index contributed by atoms with van der Waals surface area (Å²) in [4.78, 5) is 0. The van der Waals surface area contributed by atoms with E-state index in [0.717, 1.165) is 5.57 Å². The van der Waals surface area contributed by atoms with Gasteiger partial charge in [-0.25, -0.2) is 0 Å². The molecule has 22 heavy (non-hydrogen) atoms. The van der Waals surface area contributed by atoms with Gasteiger partial charge in [0.05, 0.1) is 12.7 Å². The molecule has 0 spiro atoms. The van der Waals surface area contributed by atoms with E-state index in [1.54, 1.807) is 12.2 Å². The fourth-order valence-electron chi connectivity index (χ4n) is 3.01. The van der Waals surface area contributed by atoms with Gasteiger partial charge in [-0.3, -0.25) is 0 Å². The zero-order chi connectivity index (χ0) is 16.8. The van der Waals surface area contributed by atoms with Gasteiger partial charge in [-0.1, -0.05) is 62.3 Å². The van der Waals surface area contributed by atoms with Crippen LogP contribution >= 0.6 is 0 Å². The summed E-state index contributed by atoms with van der Waals surface area (Å²) in [7, 11) is 0. The number of hydrogen-bond donors (Lipinski definition) is 2. The largest absolute Gasteiger partial charge is 0.392 e. The molecule has 0 saturated carbocycles. The summed E-state index contributed by atoms with van der Waals surface area (Å²) in [6.07, 6.45) is 12.9. The van der Waals surface area contributed by atoms with Crippen LogP contribution in [0.2, 0.25) is 0 Å². The number of aliphatic hydroxyl groups is 2. The van der Waals surface area contributed by atoms with Gasteiger partial charge in [0.1, 0.15) is 0 Å². The van der Waals surface area contributed by atoms with Crippen molar-refractivity contribution in [2.45, 2.75) is 60.0 Å². The van der Waals surface area contributed by atoms with Crippen molar-refractivity contribution in [2.24, 2.45) is 11.3 Å². The summed E-state index contributed by atoms with van der Waals surface area (Å²) in [5, 5.41) is 19.0. The molecule has 0 aromatic carbocycles. The molecular weight excluding hydrogens is 272 g/mol. The zero-order valence-electron chi connectivity index (χ0n) is 14.8. The summed E-state index contributed by atoms with van der Waals surface area (Å²) in [6.45, 7) is 10.8. The SMILES string of the molecule is CC1=C(/C=C/[C@@H](C)[C@@H](O)/C=C\C(C)=C/CO)C(C)(C)CCC1. The first-order valence-electron chi connectivity index (χ1n) is 8.30. The molecule has 0 aromatic rings. The van der Waals surface area contributed by atoms with Crippen molar-refractivity contribution in [1.82, 2.24) is 0 Å². The molecule has 0 amide bonds. The average Bonchev–Trinajstić information content (AvgIpc) is 2.43. The lowest BCUT2D eigenvalue weighted by atomic mass is 9.72. The zero-order valence-corrected chi connectivity index (χ0v) is 14.8. The number of allylic oxidation sites excluding steroid dienone is 5. The van der Waals surface area contributed by atoms with Crippen molar-refractivity contribution >= 4 is 0 Å². The molecule has 0 radical (unpaired) electrons. The van der Waals surface area contributed by atoms with Crippen molar-refractivity contribution in [3.05, 3.63) is 47.1 Å². The van der Waals surface area contributed by atoms with Crippen LogP contribution in [0, 0.1) is 11.3 Å². The van der Waals surface area contributed by atoms with Crippen molar-refractivity contribution in [3.8, 4) is 0 Å². The van der Waals surface area contributed by atoms with Crippen molar-refractivity contribution < 1.29 is 10.2 Å². The van der Waals surface area contributed by atoms with E-state index in [1.165, 1.54) is 30.4 Å². The molecule has 0 aliphatic heterocycles. The minimum atomic E-state index is -0.508. The highest BCUT2D eigenvalue weighted by molar-refractivity contribution is 5.33. The van der Waals surface area contributed by atoms with Crippen LogP contribution in [0.4, 0.5) is 0 Å². The van der Waals surface area contributed by atoms with Crippen LogP contribution in [0.1, 0.15) is 53.9 Å². The number of rotatable bonds is 6. The van der Waals surface area contributed by atoms with Crippen LogP contribution in [-0.4, -0.2) is 22.9 Å². The number of hydrogen-bond acceptors (Lipinski definition) is 2. The van der Waals surface area contributed by atoms with E-state index in [1.807, 2.05) is 19.9 Å². The summed E-state index contributed by atoms with van der Waals surface area (Å²) >= 11 is 0. The molecule has 2 nitrogen and oxygen atoms in total. The monoisotopic (exact) mass is 304 g/mol. The molecule has 0 heterocycles. The van der Waals surface area contributed by atoms with Gasteiger partial charge in [0.25, 0.3) is 0 Å². The molecule has 2 heteroatoms. The molecule has 0 fully saturated rings. The fourth-order valence-corrected chi connectivity index (χ4v) is 3.01. The van der Waals surface area contributed by atoms with Gasteiger partial charge in [-0.05, 0) is 44.1 Å². The maximum atomic E-state index is 10.2. The third kappa shape index (κ3) is 5.58. The van der Waals surface area contributed by atoms with E-state index in [4.69, 9.17) is 5.11 Å². The molecule has 0 saturated heterocycles. The van der Waals surface area contributed by atoms with E-state index >= 15 is 0 Å². The summed E-state index contributed by atoms with van der Waals surface area (Å²) in [5.41, 5.74) is 4.11. The van der Waals surface area contributed by atoms with Crippen LogP contribution in [0.5, 0.6) is 0 Å². The predicted molar refractivity (Wildman–Crippen MR) is 94.6 cm³/mol. The Hall–Kier alpha value is -1.12. The van der Waals surface area contributed by atoms with Crippen LogP contribution in [-0.2, 0) is 0 Å². The maximum absolute atomic E-state index is 10.2. The summed E-state index contributed by atoms with van der Waals surface area (Å²) in [5.74, 6) is 0.0659. The molecule has 2 N–H and O–H groups in total. The quantitative estimate of drug-likeness (QED) is 0.706. The molecule has 1 rings (SSSR count). The Morgan fingerprint density at radius 2 is 2.00 bits per heavy atom. The van der Waals surface area contributed by atoms with E-state index in [0.29, 0.717) is 0 Å². The van der Waals surface area contributed by atoms with Crippen molar-refractivity contribution in [2.75, 3.05) is 6.61 Å². The molecule has 2 atom stereocenters. The highest BCUT2D eigenvalue weighted by atomic mass is 16.3. The van der Waals surface area contributed by atoms with Crippen LogP contribution in [0.25, 0.3) is 0 Å². The first kappa shape index (κ1) is 18.9. The Kier molecular flexibility index (Phi) is 7.31. The number of aliphatic hydroxyl groups excluding tert-OH is 2. The van der Waals surface area contributed by atoms with Gasteiger partial charge < -0.3 is 10.2 Å². The lowest BCUT2D eigenvalue weighted by molar-refractivity contribution is 0.185. The predicted octanol–water partition coefficient (Wildman–Crippen LogP) is 4.56. The summed E-state index contributed by atoms with van der Waals surface area (Å²) < 4.78 is 0. The third-order valence-corrected chi connectivity index (χ3v) is 4.62. The molecule has 1 aliphatic carbocycles. The average molecular weight is 304 g/mol. The molecule has 124 valence electrons. The van der Waals surface area contributed by atoms with E-state index < -0.39 is 6.10 Å². The van der Waals surface area contributed by atoms with Crippen molar-refractivity contribution in [3.63, 3.8) is 0 Å². The topological polar surface area (TPSA) is 40.5 Å². The smallest absolute Gasteiger partial charge is 0.0784 e. The molecule has 1 aliphatic rings. The third-order valence-electron chi connectivity index (χ3n) is 4.62. The van der Waals surface area contributed by atoms with Gasteiger partial charge >= 0.3 is 0 Å². The van der Waals surface area contributed by atoms with E-state index in [9.17, 15) is 5.11 Å². The standard InChI is InChI=1S/C20H32O2/c1-15(12-14-21)8-11-19(22)17(3)9-10-18-16(2)7-6-13-20(18,4)5/h8-12,17,19,21-22H,6-7,13-14H2,1-5H3/b10-9+,11-8-,15-12-/t17-,19+/m1/s1. The van der Waals surface area contributed by atoms with Gasteiger partial charge in [0.15, 0.2) is 0 Å². The second kappa shape index (κ2) is 8.50. The second-order valence-corrected chi connectivity index (χ2v) is 7.13. The second-order valence-electron chi connectivity index (χ2n) is 7.13. The van der Waals surface area contributed by atoms with Crippen LogP contribution < -0.4 is 0 Å². The van der Waals surface area contributed by atoms with Gasteiger partial charge in [-0.2, -0.15) is 0 Å². The Balaban J connectivity index is 2.75. The van der Waals surface area contributed by atoms with Crippen LogP contribution in [0.15, 0.2) is 47.1 Å². The fraction of sp³-hybridized carbons (Fsp3) is 0.600. The normalized spacial score (nSPS) is 22.6. The summed E-state index contributed by atoms with van der Waals surface area (Å²) in [6, 6.07) is 0. The Morgan fingerprint density at radius 1 is 1.32 bits per heavy atom. The molecule has 0 aromatic heterocycles. The minimum absolute atomic E-state index is 0.0320. The van der Waals surface area contributed by atoms with Gasteiger partial charge in [0, 0.05) is 5.92 Å². The molecule has 0 unspecified atom stereocenters. The molecular formula is C20H32O2. The Labute approximate surface area is 135 Å². The van der Waals surface area contributed by atoms with E-state index in [-0.39, 0.29) is 17.9 Å². The lowest BCUT2D eigenvalue weighted by Gasteiger charge is -2.33. The maximum Gasteiger partial charge on any atom is 0.0784 e. The minimum Gasteiger partial charge on any atom is -0.392 e. The first-order valence-corrected chi connectivity index (χ1v) is 8.30. The Morgan fingerprint density at radius 3 is 2.59 bits per heavy atom. The van der Waals surface area contributed by atoms with Gasteiger partial charge in [-0.15, -0.1) is 0 Å². The van der Waals surface area contributed by atoms with Crippen LogP contribution in [0.3, 0.4) is 0 Å². The van der Waals surface area contributed by atoms with Crippen molar-refractivity contribution in [1.29, 1.82) is 0 Å². The highest BCUT2D eigenvalue weighted by Gasteiger charge is 2.26. The Bertz CT molecular complexity index is 478.